The first-order valence-electron chi connectivity index (χ1n) is 6.61. The average molecular weight is 321 g/mol. The van der Waals surface area contributed by atoms with Crippen molar-refractivity contribution < 1.29 is 28.6 Å². The topological polar surface area (TPSA) is 90.9 Å². The molecule has 8 heteroatoms. The maximum atomic E-state index is 11.8. The van der Waals surface area contributed by atoms with Crippen molar-refractivity contribution in [3.05, 3.63) is 0 Å². The molecular formula is C13H23NO6S. The molecule has 0 rings (SSSR count). The molecule has 0 heterocycles. The fraction of sp³-hybridized carbons (Fsp3) is 0.769. The van der Waals surface area contributed by atoms with Gasteiger partial charge < -0.3 is 19.5 Å². The number of carbonyl (C=O) groups is 3. The lowest BCUT2D eigenvalue weighted by Crippen LogP contribution is -2.44. The van der Waals surface area contributed by atoms with Gasteiger partial charge in [-0.3, -0.25) is 4.79 Å². The highest BCUT2D eigenvalue weighted by atomic mass is 32.1. The zero-order valence-corrected chi connectivity index (χ0v) is 13.8. The Labute approximate surface area is 130 Å². The van der Waals surface area contributed by atoms with Crippen molar-refractivity contribution in [2.75, 3.05) is 5.75 Å². The van der Waals surface area contributed by atoms with Crippen molar-refractivity contribution in [2.45, 2.75) is 59.2 Å². The molecule has 1 amide bonds. The van der Waals surface area contributed by atoms with E-state index < -0.39 is 30.4 Å². The normalized spacial score (nSPS) is 15.0. The largest absolute Gasteiger partial charge is 0.449 e. The predicted octanol–water partition coefficient (Wildman–Crippen LogP) is 0.667. The Kier molecular flexibility index (Phi) is 9.03. The third-order valence-corrected chi connectivity index (χ3v) is 2.58. The van der Waals surface area contributed by atoms with E-state index in [1.807, 2.05) is 0 Å². The number of esters is 2. The van der Waals surface area contributed by atoms with E-state index in [0.29, 0.717) is 0 Å². The third kappa shape index (κ3) is 8.56. The maximum Gasteiger partial charge on any atom is 0.349 e. The van der Waals surface area contributed by atoms with Crippen LogP contribution in [-0.2, 0) is 28.6 Å². The third-order valence-electron chi connectivity index (χ3n) is 2.22. The molecule has 0 fully saturated rings. The number of nitrogens with one attached hydrogen (secondary N) is 1. The van der Waals surface area contributed by atoms with Gasteiger partial charge in [-0.05, 0) is 27.7 Å². The molecule has 0 bridgehead atoms. The number of hydrogen-bond donors (Lipinski definition) is 2. The van der Waals surface area contributed by atoms with Crippen molar-refractivity contribution in [1.29, 1.82) is 0 Å². The molecule has 0 aromatic heterocycles. The van der Waals surface area contributed by atoms with Gasteiger partial charge in [0.15, 0.2) is 6.10 Å². The van der Waals surface area contributed by atoms with Crippen LogP contribution in [0.2, 0.25) is 0 Å². The summed E-state index contributed by atoms with van der Waals surface area (Å²) in [5.41, 5.74) is 0. The summed E-state index contributed by atoms with van der Waals surface area (Å²) in [5.74, 6) is -1.80. The molecule has 21 heavy (non-hydrogen) atoms. The van der Waals surface area contributed by atoms with E-state index in [0.717, 1.165) is 0 Å². The Hall–Kier alpha value is -1.28. The number of carbonyl (C=O) groups excluding carboxylic acids is 3. The Balaban J connectivity index is 4.38. The van der Waals surface area contributed by atoms with Crippen LogP contribution in [0.4, 0.5) is 0 Å². The SMILES string of the molecule is CC(=O)NC(CS)C(=O)OC(C)C(=O)OC(C)OC(C)C. The molecule has 7 nitrogen and oxygen atoms in total. The van der Waals surface area contributed by atoms with E-state index in [9.17, 15) is 14.4 Å². The molecule has 0 saturated carbocycles. The summed E-state index contributed by atoms with van der Waals surface area (Å²) in [6.45, 7) is 7.83. The summed E-state index contributed by atoms with van der Waals surface area (Å²) in [6, 6.07) is -0.912. The quantitative estimate of drug-likeness (QED) is 0.388. The summed E-state index contributed by atoms with van der Waals surface area (Å²) in [7, 11) is 0. The molecule has 0 aliphatic carbocycles. The lowest BCUT2D eigenvalue weighted by atomic mass is 10.3. The fourth-order valence-corrected chi connectivity index (χ4v) is 1.64. The van der Waals surface area contributed by atoms with Gasteiger partial charge in [0.2, 0.25) is 12.2 Å². The minimum Gasteiger partial charge on any atom is -0.449 e. The molecule has 0 saturated heterocycles. The molecule has 0 aromatic rings. The number of amides is 1. The van der Waals surface area contributed by atoms with Gasteiger partial charge in [0, 0.05) is 12.7 Å². The minimum absolute atomic E-state index is 0.0625. The summed E-state index contributed by atoms with van der Waals surface area (Å²) < 4.78 is 15.2. The average Bonchev–Trinajstić information content (AvgIpc) is 2.33. The van der Waals surface area contributed by atoms with Crippen LogP contribution in [-0.4, -0.2) is 48.1 Å². The van der Waals surface area contributed by atoms with Gasteiger partial charge in [0.1, 0.15) is 6.04 Å². The molecule has 122 valence electrons. The van der Waals surface area contributed by atoms with Crippen LogP contribution in [0, 0.1) is 0 Å². The highest BCUT2D eigenvalue weighted by Crippen LogP contribution is 2.05. The smallest absolute Gasteiger partial charge is 0.349 e. The number of ether oxygens (including phenoxy) is 3. The highest BCUT2D eigenvalue weighted by Gasteiger charge is 2.26. The summed E-state index contributed by atoms with van der Waals surface area (Å²) in [5, 5.41) is 2.37. The van der Waals surface area contributed by atoms with E-state index in [4.69, 9.17) is 14.2 Å². The van der Waals surface area contributed by atoms with E-state index in [1.165, 1.54) is 13.8 Å². The Morgan fingerprint density at radius 2 is 1.62 bits per heavy atom. The van der Waals surface area contributed by atoms with E-state index in [-0.39, 0.29) is 17.8 Å². The first kappa shape index (κ1) is 19.7. The first-order chi connectivity index (χ1) is 9.67. The van der Waals surface area contributed by atoms with Crippen LogP contribution in [0.5, 0.6) is 0 Å². The number of thiol groups is 1. The molecule has 0 aromatic carbocycles. The molecule has 3 unspecified atom stereocenters. The fourth-order valence-electron chi connectivity index (χ4n) is 1.40. The van der Waals surface area contributed by atoms with Crippen molar-refractivity contribution >= 4 is 30.5 Å². The maximum absolute atomic E-state index is 11.8. The van der Waals surface area contributed by atoms with Gasteiger partial charge in [-0.15, -0.1) is 0 Å². The van der Waals surface area contributed by atoms with Crippen LogP contribution >= 0.6 is 12.6 Å². The van der Waals surface area contributed by atoms with Gasteiger partial charge >= 0.3 is 11.9 Å². The number of rotatable bonds is 8. The minimum atomic E-state index is -1.10. The second kappa shape index (κ2) is 9.62. The molecule has 0 radical (unpaired) electrons. The van der Waals surface area contributed by atoms with Crippen LogP contribution in [0.15, 0.2) is 0 Å². The molecule has 1 N–H and O–H groups in total. The van der Waals surface area contributed by atoms with Gasteiger partial charge in [-0.25, -0.2) is 9.59 Å². The van der Waals surface area contributed by atoms with E-state index >= 15 is 0 Å². The first-order valence-corrected chi connectivity index (χ1v) is 7.25. The summed E-state index contributed by atoms with van der Waals surface area (Å²) in [6.07, 6.45) is -1.94. The second-order valence-corrected chi connectivity index (χ2v) is 5.07. The van der Waals surface area contributed by atoms with Gasteiger partial charge in [-0.2, -0.15) is 12.6 Å². The second-order valence-electron chi connectivity index (χ2n) is 4.70. The van der Waals surface area contributed by atoms with Gasteiger partial charge in [-0.1, -0.05) is 0 Å². The van der Waals surface area contributed by atoms with Crippen molar-refractivity contribution in [3.8, 4) is 0 Å². The van der Waals surface area contributed by atoms with E-state index in [1.54, 1.807) is 20.8 Å². The predicted molar refractivity (Wildman–Crippen MR) is 78.8 cm³/mol. The Morgan fingerprint density at radius 1 is 1.05 bits per heavy atom. The van der Waals surface area contributed by atoms with Crippen molar-refractivity contribution in [3.63, 3.8) is 0 Å². The van der Waals surface area contributed by atoms with Gasteiger partial charge in [0.25, 0.3) is 0 Å². The monoisotopic (exact) mass is 321 g/mol. The summed E-state index contributed by atoms with van der Waals surface area (Å²) in [4.78, 5) is 34.4. The molecular weight excluding hydrogens is 298 g/mol. The lowest BCUT2D eigenvalue weighted by Gasteiger charge is -2.21. The van der Waals surface area contributed by atoms with Crippen LogP contribution in [0.25, 0.3) is 0 Å². The van der Waals surface area contributed by atoms with Gasteiger partial charge in [0.05, 0.1) is 6.10 Å². The van der Waals surface area contributed by atoms with Crippen LogP contribution < -0.4 is 5.32 Å². The van der Waals surface area contributed by atoms with Crippen LogP contribution in [0.1, 0.15) is 34.6 Å². The van der Waals surface area contributed by atoms with Crippen LogP contribution in [0.3, 0.4) is 0 Å². The molecule has 0 aliphatic rings. The Bertz CT molecular complexity index is 374. The standard InChI is InChI=1S/C13H23NO6S/c1-7(2)18-10(5)20-12(16)8(3)19-13(17)11(6-21)14-9(4)15/h7-8,10-11,21H,6H2,1-5H3,(H,14,15). The van der Waals surface area contributed by atoms with E-state index in [2.05, 4.69) is 17.9 Å². The zero-order chi connectivity index (χ0) is 16.6. The van der Waals surface area contributed by atoms with Crippen molar-refractivity contribution in [1.82, 2.24) is 5.32 Å². The zero-order valence-electron chi connectivity index (χ0n) is 12.9. The molecule has 3 atom stereocenters. The lowest BCUT2D eigenvalue weighted by molar-refractivity contribution is -0.194. The Morgan fingerprint density at radius 3 is 2.05 bits per heavy atom. The highest BCUT2D eigenvalue weighted by molar-refractivity contribution is 7.80. The van der Waals surface area contributed by atoms with Crippen molar-refractivity contribution in [2.24, 2.45) is 0 Å². The number of hydrogen-bond acceptors (Lipinski definition) is 7. The molecule has 0 spiro atoms. The molecule has 0 aliphatic heterocycles. The summed E-state index contributed by atoms with van der Waals surface area (Å²) >= 11 is 3.95.